The number of carbonyl (C=O) groups is 2. The molecule has 31 heavy (non-hydrogen) atoms. The maximum Gasteiger partial charge on any atom is 0.356 e. The smallest absolute Gasteiger partial charge is 0.356 e. The van der Waals surface area contributed by atoms with Crippen molar-refractivity contribution in [3.63, 3.8) is 0 Å². The van der Waals surface area contributed by atoms with Crippen LogP contribution in [0.1, 0.15) is 36.8 Å². The molecular formula is C23H28N4O4. The first kappa shape index (κ1) is 22.1. The van der Waals surface area contributed by atoms with E-state index in [4.69, 9.17) is 9.47 Å². The lowest BCUT2D eigenvalue weighted by Crippen LogP contribution is -2.18. The predicted octanol–water partition coefficient (Wildman–Crippen LogP) is 3.85. The highest BCUT2D eigenvalue weighted by molar-refractivity contribution is 6.10. The summed E-state index contributed by atoms with van der Waals surface area (Å²) in [5.74, 6) is 0.0475. The van der Waals surface area contributed by atoms with Crippen LogP contribution in [0.15, 0.2) is 36.5 Å². The van der Waals surface area contributed by atoms with Gasteiger partial charge in [-0.1, -0.05) is 18.2 Å². The van der Waals surface area contributed by atoms with E-state index in [1.54, 1.807) is 17.9 Å². The molecule has 1 amide bonds. The number of hydrogen-bond donors (Lipinski definition) is 2. The SMILES string of the molecule is CCn1c(C(=O)OC)c(NC(C)=O)c2cc(N[C@@H](C)Cc3ccccc3OC)cnc21. The zero-order chi connectivity index (χ0) is 22.5. The van der Waals surface area contributed by atoms with Gasteiger partial charge in [0.25, 0.3) is 0 Å². The van der Waals surface area contributed by atoms with Crippen LogP contribution in [0.3, 0.4) is 0 Å². The van der Waals surface area contributed by atoms with Crippen LogP contribution in [0.5, 0.6) is 5.75 Å². The molecule has 164 valence electrons. The molecule has 0 radical (unpaired) electrons. The summed E-state index contributed by atoms with van der Waals surface area (Å²) < 4.78 is 12.1. The maximum absolute atomic E-state index is 12.4. The minimum absolute atomic E-state index is 0.0908. The van der Waals surface area contributed by atoms with Crippen molar-refractivity contribution in [1.29, 1.82) is 0 Å². The van der Waals surface area contributed by atoms with Gasteiger partial charge in [0.15, 0.2) is 5.69 Å². The van der Waals surface area contributed by atoms with Crippen LogP contribution in [-0.4, -0.2) is 41.7 Å². The monoisotopic (exact) mass is 424 g/mol. The van der Waals surface area contributed by atoms with Crippen LogP contribution in [0.4, 0.5) is 11.4 Å². The van der Waals surface area contributed by atoms with Crippen molar-refractivity contribution >= 4 is 34.3 Å². The maximum atomic E-state index is 12.4. The molecule has 0 aliphatic rings. The third-order valence-corrected chi connectivity index (χ3v) is 5.03. The third kappa shape index (κ3) is 4.63. The molecule has 8 heteroatoms. The average Bonchev–Trinajstić information content (AvgIpc) is 3.05. The number of anilines is 2. The summed E-state index contributed by atoms with van der Waals surface area (Å²) in [4.78, 5) is 28.8. The zero-order valence-electron chi connectivity index (χ0n) is 18.5. The zero-order valence-corrected chi connectivity index (χ0v) is 18.5. The molecule has 0 bridgehead atoms. The van der Waals surface area contributed by atoms with E-state index < -0.39 is 5.97 Å². The largest absolute Gasteiger partial charge is 0.496 e. The standard InChI is InChI=1S/C23H28N4O4/c1-6-27-21(23(29)31-5)20(26-15(3)28)18-12-17(13-24-22(18)27)25-14(2)11-16-9-7-8-10-19(16)30-4/h7-10,12-14,25H,6,11H2,1-5H3,(H,26,28)/t14-/m0/s1. The highest BCUT2D eigenvalue weighted by Crippen LogP contribution is 2.33. The van der Waals surface area contributed by atoms with E-state index in [-0.39, 0.29) is 17.6 Å². The molecule has 0 unspecified atom stereocenters. The molecule has 0 aliphatic carbocycles. The molecule has 0 aliphatic heterocycles. The van der Waals surface area contributed by atoms with E-state index in [0.717, 1.165) is 23.4 Å². The summed E-state index contributed by atoms with van der Waals surface area (Å²) in [5.41, 5.74) is 3.18. The Labute approximate surface area is 181 Å². The summed E-state index contributed by atoms with van der Waals surface area (Å²) in [6.45, 7) is 5.89. The lowest BCUT2D eigenvalue weighted by Gasteiger charge is -2.17. The predicted molar refractivity (Wildman–Crippen MR) is 121 cm³/mol. The first-order chi connectivity index (χ1) is 14.9. The van der Waals surface area contributed by atoms with Crippen LogP contribution in [0.25, 0.3) is 11.0 Å². The number of benzene rings is 1. The van der Waals surface area contributed by atoms with Crippen molar-refractivity contribution < 1.29 is 19.1 Å². The van der Waals surface area contributed by atoms with E-state index in [9.17, 15) is 9.59 Å². The molecule has 0 fully saturated rings. The highest BCUT2D eigenvalue weighted by atomic mass is 16.5. The van der Waals surface area contributed by atoms with Crippen molar-refractivity contribution in [2.45, 2.75) is 39.8 Å². The first-order valence-electron chi connectivity index (χ1n) is 10.2. The number of aryl methyl sites for hydroxylation is 1. The number of methoxy groups -OCH3 is 2. The Bertz CT molecular complexity index is 1110. The Morgan fingerprint density at radius 3 is 2.61 bits per heavy atom. The number of rotatable bonds is 8. The van der Waals surface area contributed by atoms with Crippen LogP contribution in [0, 0.1) is 0 Å². The van der Waals surface area contributed by atoms with E-state index >= 15 is 0 Å². The number of nitrogens with zero attached hydrogens (tertiary/aromatic N) is 2. The molecule has 3 rings (SSSR count). The van der Waals surface area contributed by atoms with E-state index in [1.165, 1.54) is 14.0 Å². The molecule has 3 aromatic rings. The molecule has 2 aromatic heterocycles. The summed E-state index contributed by atoms with van der Waals surface area (Å²) in [6, 6.07) is 9.89. The lowest BCUT2D eigenvalue weighted by molar-refractivity contribution is -0.114. The topological polar surface area (TPSA) is 94.5 Å². The fourth-order valence-electron chi connectivity index (χ4n) is 3.76. The van der Waals surface area contributed by atoms with Crippen molar-refractivity contribution in [2.24, 2.45) is 0 Å². The summed E-state index contributed by atoms with van der Waals surface area (Å²) >= 11 is 0. The van der Waals surface area contributed by atoms with E-state index in [0.29, 0.717) is 23.3 Å². The van der Waals surface area contributed by atoms with Crippen LogP contribution < -0.4 is 15.4 Å². The molecule has 0 spiro atoms. The number of nitrogens with one attached hydrogen (secondary N) is 2. The fourth-order valence-corrected chi connectivity index (χ4v) is 3.76. The Hall–Kier alpha value is -3.55. The van der Waals surface area contributed by atoms with Gasteiger partial charge in [0, 0.05) is 24.9 Å². The second-order valence-electron chi connectivity index (χ2n) is 7.30. The molecule has 2 N–H and O–H groups in total. The van der Waals surface area contributed by atoms with E-state index in [1.807, 2.05) is 37.3 Å². The molecule has 1 atom stereocenters. The molecule has 1 aromatic carbocycles. The molecule has 0 saturated carbocycles. The van der Waals surface area contributed by atoms with Gasteiger partial charge in [0.05, 0.1) is 31.8 Å². The number of fused-ring (bicyclic) bond motifs is 1. The summed E-state index contributed by atoms with van der Waals surface area (Å²) in [5, 5.41) is 6.90. The highest BCUT2D eigenvalue weighted by Gasteiger charge is 2.25. The van der Waals surface area contributed by atoms with Gasteiger partial charge >= 0.3 is 5.97 Å². The van der Waals surface area contributed by atoms with Gasteiger partial charge in [-0.05, 0) is 38.0 Å². The number of aromatic nitrogens is 2. The number of amides is 1. The Morgan fingerprint density at radius 1 is 1.23 bits per heavy atom. The lowest BCUT2D eigenvalue weighted by atomic mass is 10.1. The second kappa shape index (κ2) is 9.51. The van der Waals surface area contributed by atoms with Gasteiger partial charge in [0.2, 0.25) is 5.91 Å². The fraction of sp³-hybridized carbons (Fsp3) is 0.348. The molecule has 0 saturated heterocycles. The number of carbonyl (C=O) groups excluding carboxylic acids is 2. The number of pyridine rings is 1. The van der Waals surface area contributed by atoms with Crippen molar-refractivity contribution in [2.75, 3.05) is 24.9 Å². The Kier molecular flexibility index (Phi) is 6.79. The van der Waals surface area contributed by atoms with Crippen LogP contribution >= 0.6 is 0 Å². The minimum Gasteiger partial charge on any atom is -0.496 e. The number of para-hydroxylation sites is 1. The normalized spacial score (nSPS) is 11.8. The third-order valence-electron chi connectivity index (χ3n) is 5.03. The number of esters is 1. The number of ether oxygens (including phenoxy) is 2. The van der Waals surface area contributed by atoms with Gasteiger partial charge in [-0.3, -0.25) is 4.79 Å². The summed E-state index contributed by atoms with van der Waals surface area (Å²) in [6.07, 6.45) is 2.48. The first-order valence-corrected chi connectivity index (χ1v) is 10.2. The van der Waals surface area contributed by atoms with Gasteiger partial charge in [-0.2, -0.15) is 0 Å². The summed E-state index contributed by atoms with van der Waals surface area (Å²) in [7, 11) is 2.98. The van der Waals surface area contributed by atoms with Crippen molar-refractivity contribution in [3.8, 4) is 5.75 Å². The molecular weight excluding hydrogens is 396 g/mol. The van der Waals surface area contributed by atoms with Gasteiger partial charge in [0.1, 0.15) is 11.4 Å². The Balaban J connectivity index is 1.97. The molecule has 8 nitrogen and oxygen atoms in total. The quantitative estimate of drug-likeness (QED) is 0.534. The second-order valence-corrected chi connectivity index (χ2v) is 7.30. The average molecular weight is 425 g/mol. The van der Waals surface area contributed by atoms with Gasteiger partial charge < -0.3 is 24.7 Å². The van der Waals surface area contributed by atoms with E-state index in [2.05, 4.69) is 22.5 Å². The Morgan fingerprint density at radius 2 is 1.97 bits per heavy atom. The van der Waals surface area contributed by atoms with Gasteiger partial charge in [-0.15, -0.1) is 0 Å². The van der Waals surface area contributed by atoms with Crippen LogP contribution in [-0.2, 0) is 22.5 Å². The minimum atomic E-state index is -0.525. The van der Waals surface area contributed by atoms with Gasteiger partial charge in [-0.25, -0.2) is 9.78 Å². The van der Waals surface area contributed by atoms with Crippen molar-refractivity contribution in [3.05, 3.63) is 47.8 Å². The number of hydrogen-bond acceptors (Lipinski definition) is 6. The van der Waals surface area contributed by atoms with Crippen LogP contribution in [0.2, 0.25) is 0 Å². The van der Waals surface area contributed by atoms with Crippen molar-refractivity contribution in [1.82, 2.24) is 9.55 Å². The molecule has 2 heterocycles.